The summed E-state index contributed by atoms with van der Waals surface area (Å²) in [7, 11) is 0. The minimum Gasteiger partial charge on any atom is -0.487 e. The van der Waals surface area contributed by atoms with Gasteiger partial charge in [0.25, 0.3) is 0 Å². The van der Waals surface area contributed by atoms with Crippen molar-refractivity contribution in [3.63, 3.8) is 0 Å². The number of hydrogen-bond donors (Lipinski definition) is 2. The first-order valence-corrected chi connectivity index (χ1v) is 11.3. The molecule has 2 N–H and O–H groups in total. The first-order chi connectivity index (χ1) is 15.1. The minimum atomic E-state index is -0.485. The van der Waals surface area contributed by atoms with E-state index in [-0.39, 0.29) is 43.0 Å². The predicted molar refractivity (Wildman–Crippen MR) is 112 cm³/mol. The second-order valence-electron chi connectivity index (χ2n) is 9.05. The Kier molecular flexibility index (Phi) is 5.86. The van der Waals surface area contributed by atoms with Gasteiger partial charge < -0.3 is 29.5 Å². The number of ether oxygens (including phenoxy) is 3. The van der Waals surface area contributed by atoms with E-state index in [4.69, 9.17) is 14.2 Å². The number of morpholine rings is 1. The van der Waals surface area contributed by atoms with E-state index in [1.807, 2.05) is 23.1 Å². The number of amides is 2. The molecule has 0 bridgehead atoms. The quantitative estimate of drug-likeness (QED) is 0.713. The molecular formula is C23H30N2O6. The molecule has 1 aromatic carbocycles. The molecule has 0 aromatic heterocycles. The van der Waals surface area contributed by atoms with Crippen LogP contribution in [0.15, 0.2) is 18.2 Å². The van der Waals surface area contributed by atoms with E-state index in [0.29, 0.717) is 45.1 Å². The van der Waals surface area contributed by atoms with Crippen LogP contribution in [0.2, 0.25) is 0 Å². The summed E-state index contributed by atoms with van der Waals surface area (Å²) in [5, 5.41) is 12.9. The Hall–Kier alpha value is -2.16. The lowest BCUT2D eigenvalue weighted by atomic mass is 9.84. The molecule has 8 nitrogen and oxygen atoms in total. The normalized spacial score (nSPS) is 29.6. The van der Waals surface area contributed by atoms with Crippen molar-refractivity contribution < 1.29 is 28.9 Å². The Morgan fingerprint density at radius 1 is 1.16 bits per heavy atom. The number of benzene rings is 1. The zero-order chi connectivity index (χ0) is 21.4. The third-order valence-electron chi connectivity index (χ3n) is 6.72. The topological polar surface area (TPSA) is 97.3 Å². The summed E-state index contributed by atoms with van der Waals surface area (Å²) >= 11 is 0. The zero-order valence-corrected chi connectivity index (χ0v) is 17.6. The molecule has 168 valence electrons. The molecule has 1 saturated carbocycles. The molecule has 8 heteroatoms. The van der Waals surface area contributed by atoms with E-state index in [1.165, 1.54) is 0 Å². The number of nitrogens with zero attached hydrogens (tertiary/aromatic N) is 1. The van der Waals surface area contributed by atoms with Crippen LogP contribution in [0.5, 0.6) is 5.75 Å². The van der Waals surface area contributed by atoms with Crippen LogP contribution in [0.1, 0.15) is 43.6 Å². The average molecular weight is 431 g/mol. The third kappa shape index (κ3) is 4.56. The summed E-state index contributed by atoms with van der Waals surface area (Å²) in [5.74, 6) is 1.42. The van der Waals surface area contributed by atoms with E-state index >= 15 is 0 Å². The molecule has 3 fully saturated rings. The Labute approximate surface area is 181 Å². The van der Waals surface area contributed by atoms with Gasteiger partial charge in [0.05, 0.1) is 32.3 Å². The lowest BCUT2D eigenvalue weighted by molar-refractivity contribution is -0.151. The van der Waals surface area contributed by atoms with Gasteiger partial charge in [0.15, 0.2) is 0 Å². The van der Waals surface area contributed by atoms with Gasteiger partial charge in [0.2, 0.25) is 11.8 Å². The maximum absolute atomic E-state index is 12.7. The predicted octanol–water partition coefficient (Wildman–Crippen LogP) is 1.67. The second kappa shape index (κ2) is 8.76. The van der Waals surface area contributed by atoms with Gasteiger partial charge in [-0.3, -0.25) is 9.59 Å². The highest BCUT2D eigenvalue weighted by Gasteiger charge is 2.46. The lowest BCUT2D eigenvalue weighted by Gasteiger charge is -2.38. The zero-order valence-electron chi connectivity index (χ0n) is 17.6. The number of carbonyl (C=O) groups excluding carboxylic acids is 2. The number of rotatable bonds is 6. The molecule has 0 radical (unpaired) electrons. The van der Waals surface area contributed by atoms with Crippen molar-refractivity contribution in [1.82, 2.24) is 4.90 Å². The smallest absolute Gasteiger partial charge is 0.225 e. The van der Waals surface area contributed by atoms with E-state index in [0.717, 1.165) is 29.8 Å². The molecule has 1 aliphatic carbocycles. The van der Waals surface area contributed by atoms with Crippen molar-refractivity contribution in [1.29, 1.82) is 0 Å². The van der Waals surface area contributed by atoms with E-state index in [9.17, 15) is 14.7 Å². The van der Waals surface area contributed by atoms with Gasteiger partial charge in [0, 0.05) is 36.7 Å². The highest BCUT2D eigenvalue weighted by molar-refractivity contribution is 5.91. The molecule has 5 rings (SSSR count). The third-order valence-corrected chi connectivity index (χ3v) is 6.72. The molecule has 3 aliphatic heterocycles. The fourth-order valence-electron chi connectivity index (χ4n) is 4.90. The summed E-state index contributed by atoms with van der Waals surface area (Å²) in [6.07, 6.45) is 2.73. The molecule has 31 heavy (non-hydrogen) atoms. The summed E-state index contributed by atoms with van der Waals surface area (Å²) in [6, 6.07) is 5.71. The largest absolute Gasteiger partial charge is 0.487 e. The SMILES string of the molecule is O=C(CC1CC1)Nc1ccc2c(c1)[C@H]1C[C@@H](CC(=O)N3CCOCC3)O[C@H](CO)[C@H]1O2. The van der Waals surface area contributed by atoms with E-state index in [2.05, 4.69) is 5.32 Å². The molecule has 0 unspecified atom stereocenters. The number of carbonyl (C=O) groups is 2. The number of anilines is 1. The molecule has 2 amide bonds. The first kappa shape index (κ1) is 20.7. The maximum Gasteiger partial charge on any atom is 0.225 e. The molecular weight excluding hydrogens is 400 g/mol. The number of nitrogens with one attached hydrogen (secondary N) is 1. The van der Waals surface area contributed by atoms with Gasteiger partial charge in [-0.15, -0.1) is 0 Å². The Morgan fingerprint density at radius 3 is 2.71 bits per heavy atom. The summed E-state index contributed by atoms with van der Waals surface area (Å²) in [4.78, 5) is 26.8. The molecule has 4 atom stereocenters. The van der Waals surface area contributed by atoms with Crippen molar-refractivity contribution in [2.24, 2.45) is 5.92 Å². The van der Waals surface area contributed by atoms with Gasteiger partial charge >= 0.3 is 0 Å². The van der Waals surface area contributed by atoms with Crippen LogP contribution in [-0.4, -0.2) is 73.0 Å². The van der Waals surface area contributed by atoms with Crippen LogP contribution in [0, 0.1) is 5.92 Å². The van der Waals surface area contributed by atoms with Crippen molar-refractivity contribution >= 4 is 17.5 Å². The number of hydrogen-bond acceptors (Lipinski definition) is 6. The molecule has 2 saturated heterocycles. The molecule has 1 aromatic rings. The van der Waals surface area contributed by atoms with Crippen LogP contribution in [0.25, 0.3) is 0 Å². The average Bonchev–Trinajstić information content (AvgIpc) is 3.52. The van der Waals surface area contributed by atoms with Crippen LogP contribution in [-0.2, 0) is 19.1 Å². The van der Waals surface area contributed by atoms with Crippen molar-refractivity contribution in [2.45, 2.75) is 56.3 Å². The highest BCUT2D eigenvalue weighted by Crippen LogP contribution is 2.47. The number of aliphatic hydroxyl groups excluding tert-OH is 1. The first-order valence-electron chi connectivity index (χ1n) is 11.3. The Bertz CT molecular complexity index is 835. The van der Waals surface area contributed by atoms with Gasteiger partial charge in [0.1, 0.15) is 18.0 Å². The minimum absolute atomic E-state index is 0.0173. The summed E-state index contributed by atoms with van der Waals surface area (Å²) < 4.78 is 17.5. The molecule has 3 heterocycles. The Morgan fingerprint density at radius 2 is 1.97 bits per heavy atom. The van der Waals surface area contributed by atoms with Crippen molar-refractivity contribution in [3.8, 4) is 5.75 Å². The Balaban J connectivity index is 1.28. The number of aliphatic hydroxyl groups is 1. The monoisotopic (exact) mass is 430 g/mol. The lowest BCUT2D eigenvalue weighted by Crippen LogP contribution is -2.48. The molecule has 0 spiro atoms. The van der Waals surface area contributed by atoms with Crippen LogP contribution < -0.4 is 10.1 Å². The molecule has 4 aliphatic rings. The second-order valence-corrected chi connectivity index (χ2v) is 9.05. The van der Waals surface area contributed by atoms with Crippen molar-refractivity contribution in [2.75, 3.05) is 38.2 Å². The van der Waals surface area contributed by atoms with Gasteiger partial charge in [-0.1, -0.05) is 0 Å². The summed E-state index contributed by atoms with van der Waals surface area (Å²) in [6.45, 7) is 2.19. The maximum atomic E-state index is 12.7. The van der Waals surface area contributed by atoms with E-state index < -0.39 is 6.10 Å². The fraction of sp³-hybridized carbons (Fsp3) is 0.652. The van der Waals surface area contributed by atoms with Crippen LogP contribution in [0.3, 0.4) is 0 Å². The van der Waals surface area contributed by atoms with Crippen LogP contribution in [0.4, 0.5) is 5.69 Å². The standard InChI is InChI=1S/C23H30N2O6/c26-13-20-23-18(11-16(30-20)12-22(28)25-5-7-29-8-6-25)17-10-15(3-4-19(17)31-23)24-21(27)9-14-1-2-14/h3-4,10,14,16,18,20,23,26H,1-2,5-9,11-13H2,(H,24,27)/t16-,18+,20+,23-/m0/s1. The van der Waals surface area contributed by atoms with Crippen LogP contribution >= 0.6 is 0 Å². The van der Waals surface area contributed by atoms with Gasteiger partial charge in [-0.25, -0.2) is 0 Å². The summed E-state index contributed by atoms with van der Waals surface area (Å²) in [5.41, 5.74) is 1.78. The van der Waals surface area contributed by atoms with Gasteiger partial charge in [-0.2, -0.15) is 0 Å². The number of fused-ring (bicyclic) bond motifs is 3. The van der Waals surface area contributed by atoms with E-state index in [1.54, 1.807) is 0 Å². The highest BCUT2D eigenvalue weighted by atomic mass is 16.6. The van der Waals surface area contributed by atoms with Gasteiger partial charge in [-0.05, 0) is 43.4 Å². The van der Waals surface area contributed by atoms with Crippen molar-refractivity contribution in [3.05, 3.63) is 23.8 Å². The fourth-order valence-corrected chi connectivity index (χ4v) is 4.90.